The first-order valence-corrected chi connectivity index (χ1v) is 6.43. The summed E-state index contributed by atoms with van der Waals surface area (Å²) in [5.74, 6) is -0.0810. The van der Waals surface area contributed by atoms with Gasteiger partial charge in [0.2, 0.25) is 0 Å². The van der Waals surface area contributed by atoms with Crippen LogP contribution < -0.4 is 5.32 Å². The van der Waals surface area contributed by atoms with Crippen molar-refractivity contribution in [1.82, 2.24) is 5.32 Å². The van der Waals surface area contributed by atoms with Gasteiger partial charge in [-0.25, -0.2) is 0 Å². The van der Waals surface area contributed by atoms with E-state index < -0.39 is 0 Å². The number of amides is 1. The summed E-state index contributed by atoms with van der Waals surface area (Å²) in [6.07, 6.45) is 0. The third kappa shape index (κ3) is 3.32. The van der Waals surface area contributed by atoms with Crippen LogP contribution in [0.4, 0.5) is 0 Å². The van der Waals surface area contributed by atoms with E-state index >= 15 is 0 Å². The number of hydrogen-bond donors (Lipinski definition) is 1. The molecule has 2 rings (SSSR count). The number of carbonyl (C=O) groups is 1. The van der Waals surface area contributed by atoms with Crippen LogP contribution in [0.2, 0.25) is 4.34 Å². The van der Waals surface area contributed by atoms with Crippen molar-refractivity contribution in [3.8, 4) is 0 Å². The maximum Gasteiger partial charge on any atom is 0.261 e. The van der Waals surface area contributed by atoms with E-state index in [0.717, 1.165) is 5.56 Å². The van der Waals surface area contributed by atoms with Gasteiger partial charge in [-0.05, 0) is 24.6 Å². The molecule has 2 aromatic rings. The molecular weight excluding hydrogens is 254 g/mol. The largest absolute Gasteiger partial charge is 0.347 e. The number of rotatable bonds is 3. The number of halogens is 1. The molecule has 1 heterocycles. The van der Waals surface area contributed by atoms with Crippen LogP contribution in [0, 0.1) is 6.92 Å². The van der Waals surface area contributed by atoms with Crippen LogP contribution in [0.15, 0.2) is 36.4 Å². The van der Waals surface area contributed by atoms with Gasteiger partial charge in [0.1, 0.15) is 0 Å². The Morgan fingerprint density at radius 1 is 1.24 bits per heavy atom. The number of aryl methyl sites for hydroxylation is 1. The van der Waals surface area contributed by atoms with E-state index in [4.69, 9.17) is 11.6 Å². The summed E-state index contributed by atoms with van der Waals surface area (Å²) >= 11 is 7.06. The van der Waals surface area contributed by atoms with Gasteiger partial charge < -0.3 is 5.32 Å². The van der Waals surface area contributed by atoms with Gasteiger partial charge in [0, 0.05) is 6.54 Å². The second kappa shape index (κ2) is 5.34. The highest BCUT2D eigenvalue weighted by Crippen LogP contribution is 2.21. The molecule has 0 aliphatic heterocycles. The predicted molar refractivity (Wildman–Crippen MR) is 71.7 cm³/mol. The number of carbonyl (C=O) groups excluding carboxylic acids is 1. The monoisotopic (exact) mass is 265 g/mol. The van der Waals surface area contributed by atoms with Crippen LogP contribution in [0.3, 0.4) is 0 Å². The third-order valence-electron chi connectivity index (χ3n) is 2.37. The summed E-state index contributed by atoms with van der Waals surface area (Å²) in [4.78, 5) is 12.4. The van der Waals surface area contributed by atoms with Crippen LogP contribution in [0.5, 0.6) is 0 Å². The van der Waals surface area contributed by atoms with Crippen molar-refractivity contribution in [3.05, 3.63) is 56.7 Å². The average Bonchev–Trinajstić information content (AvgIpc) is 2.75. The van der Waals surface area contributed by atoms with E-state index in [1.165, 1.54) is 16.9 Å². The molecule has 0 saturated heterocycles. The Bertz CT molecular complexity index is 518. The van der Waals surface area contributed by atoms with Gasteiger partial charge in [-0.1, -0.05) is 41.4 Å². The van der Waals surface area contributed by atoms with Gasteiger partial charge in [0.05, 0.1) is 9.21 Å². The Balaban J connectivity index is 1.94. The molecule has 0 bridgehead atoms. The van der Waals surface area contributed by atoms with Crippen LogP contribution in [-0.4, -0.2) is 5.91 Å². The van der Waals surface area contributed by atoms with Crippen molar-refractivity contribution in [3.63, 3.8) is 0 Å². The van der Waals surface area contributed by atoms with E-state index in [1.54, 1.807) is 12.1 Å². The Morgan fingerprint density at radius 3 is 2.53 bits per heavy atom. The normalized spacial score (nSPS) is 10.2. The molecule has 0 aliphatic carbocycles. The number of nitrogens with one attached hydrogen (secondary N) is 1. The van der Waals surface area contributed by atoms with Gasteiger partial charge in [0.25, 0.3) is 5.91 Å². The van der Waals surface area contributed by atoms with Crippen molar-refractivity contribution in [1.29, 1.82) is 0 Å². The van der Waals surface area contributed by atoms with Crippen molar-refractivity contribution in [2.75, 3.05) is 0 Å². The molecule has 0 spiro atoms. The molecular formula is C13H12ClNOS. The van der Waals surface area contributed by atoms with E-state index in [1.807, 2.05) is 31.2 Å². The lowest BCUT2D eigenvalue weighted by Gasteiger charge is -2.04. The maximum atomic E-state index is 11.7. The zero-order valence-corrected chi connectivity index (χ0v) is 10.9. The first-order valence-electron chi connectivity index (χ1n) is 5.24. The second-order valence-corrected chi connectivity index (χ2v) is 5.49. The highest BCUT2D eigenvalue weighted by molar-refractivity contribution is 7.17. The van der Waals surface area contributed by atoms with Crippen LogP contribution in [-0.2, 0) is 6.54 Å². The van der Waals surface area contributed by atoms with E-state index in [9.17, 15) is 4.79 Å². The Labute approximate surface area is 109 Å². The molecule has 0 radical (unpaired) electrons. The topological polar surface area (TPSA) is 29.1 Å². The molecule has 2 nitrogen and oxygen atoms in total. The summed E-state index contributed by atoms with van der Waals surface area (Å²) in [7, 11) is 0. The molecule has 88 valence electrons. The number of hydrogen-bond acceptors (Lipinski definition) is 2. The summed E-state index contributed by atoms with van der Waals surface area (Å²) < 4.78 is 0.630. The lowest BCUT2D eigenvalue weighted by Crippen LogP contribution is -2.21. The van der Waals surface area contributed by atoms with Crippen molar-refractivity contribution in [2.45, 2.75) is 13.5 Å². The van der Waals surface area contributed by atoms with E-state index in [0.29, 0.717) is 15.8 Å². The van der Waals surface area contributed by atoms with Crippen LogP contribution in [0.1, 0.15) is 20.8 Å². The molecule has 0 atom stereocenters. The zero-order valence-electron chi connectivity index (χ0n) is 9.37. The summed E-state index contributed by atoms with van der Waals surface area (Å²) in [5.41, 5.74) is 2.30. The fourth-order valence-corrected chi connectivity index (χ4v) is 2.37. The second-order valence-electron chi connectivity index (χ2n) is 3.77. The first kappa shape index (κ1) is 12.1. The standard InChI is InChI=1S/C13H12ClNOS/c1-9-2-4-10(5-3-9)8-15-13(16)11-6-7-12(14)17-11/h2-7H,8H2,1H3,(H,15,16). The van der Waals surface area contributed by atoms with Gasteiger partial charge >= 0.3 is 0 Å². The molecule has 17 heavy (non-hydrogen) atoms. The molecule has 0 unspecified atom stereocenters. The zero-order chi connectivity index (χ0) is 12.3. The molecule has 1 aromatic heterocycles. The molecule has 4 heteroatoms. The van der Waals surface area contributed by atoms with Crippen LogP contribution in [0.25, 0.3) is 0 Å². The fourth-order valence-electron chi connectivity index (χ4n) is 1.41. The molecule has 1 amide bonds. The lowest BCUT2D eigenvalue weighted by molar-refractivity contribution is 0.0955. The summed E-state index contributed by atoms with van der Waals surface area (Å²) in [5, 5.41) is 2.86. The van der Waals surface area contributed by atoms with E-state index in [2.05, 4.69) is 5.32 Å². The summed E-state index contributed by atoms with van der Waals surface area (Å²) in [6.45, 7) is 2.57. The Kier molecular flexibility index (Phi) is 3.82. The average molecular weight is 266 g/mol. The molecule has 1 N–H and O–H groups in total. The van der Waals surface area contributed by atoms with Crippen LogP contribution >= 0.6 is 22.9 Å². The van der Waals surface area contributed by atoms with Gasteiger partial charge in [-0.15, -0.1) is 11.3 Å². The van der Waals surface area contributed by atoms with Crippen molar-refractivity contribution >= 4 is 28.8 Å². The predicted octanol–water partition coefficient (Wildman–Crippen LogP) is 3.64. The minimum absolute atomic E-state index is 0.0810. The molecule has 0 fully saturated rings. The first-order chi connectivity index (χ1) is 8.15. The highest BCUT2D eigenvalue weighted by atomic mass is 35.5. The number of benzene rings is 1. The smallest absolute Gasteiger partial charge is 0.261 e. The molecule has 0 aliphatic rings. The lowest BCUT2D eigenvalue weighted by atomic mass is 10.1. The van der Waals surface area contributed by atoms with E-state index in [-0.39, 0.29) is 5.91 Å². The quantitative estimate of drug-likeness (QED) is 0.902. The Morgan fingerprint density at radius 2 is 1.94 bits per heavy atom. The Hall–Kier alpha value is -1.32. The third-order valence-corrected chi connectivity index (χ3v) is 3.60. The SMILES string of the molecule is Cc1ccc(CNC(=O)c2ccc(Cl)s2)cc1. The summed E-state index contributed by atoms with van der Waals surface area (Å²) in [6, 6.07) is 11.5. The maximum absolute atomic E-state index is 11.7. The minimum Gasteiger partial charge on any atom is -0.347 e. The van der Waals surface area contributed by atoms with Gasteiger partial charge in [-0.2, -0.15) is 0 Å². The minimum atomic E-state index is -0.0810. The molecule has 0 saturated carbocycles. The number of thiophene rings is 1. The van der Waals surface area contributed by atoms with Gasteiger partial charge in [0.15, 0.2) is 0 Å². The van der Waals surface area contributed by atoms with Crippen molar-refractivity contribution < 1.29 is 4.79 Å². The molecule has 1 aromatic carbocycles. The van der Waals surface area contributed by atoms with Crippen molar-refractivity contribution in [2.24, 2.45) is 0 Å². The highest BCUT2D eigenvalue weighted by Gasteiger charge is 2.07. The fraction of sp³-hybridized carbons (Fsp3) is 0.154. The van der Waals surface area contributed by atoms with Gasteiger partial charge in [-0.3, -0.25) is 4.79 Å².